The highest BCUT2D eigenvalue weighted by Crippen LogP contribution is 2.27. The first-order chi connectivity index (χ1) is 7.47. The second kappa shape index (κ2) is 5.64. The molecule has 2 atom stereocenters. The Morgan fingerprint density at radius 1 is 1.44 bits per heavy atom. The van der Waals surface area contributed by atoms with Gasteiger partial charge in [-0.25, -0.2) is 0 Å². The molecular formula is C11H12Cl2O3. The van der Waals surface area contributed by atoms with Crippen molar-refractivity contribution in [2.75, 3.05) is 5.88 Å². The average molecular weight is 263 g/mol. The second-order valence-electron chi connectivity index (χ2n) is 3.46. The molecule has 0 radical (unpaired) electrons. The molecule has 0 fully saturated rings. The summed E-state index contributed by atoms with van der Waals surface area (Å²) in [5.74, 6) is -0.202. The summed E-state index contributed by atoms with van der Waals surface area (Å²) >= 11 is 11.3. The van der Waals surface area contributed by atoms with Crippen molar-refractivity contribution in [2.24, 2.45) is 0 Å². The molecule has 1 rings (SSSR count). The molecule has 0 saturated heterocycles. The van der Waals surface area contributed by atoms with Gasteiger partial charge in [-0.1, -0.05) is 23.7 Å². The van der Waals surface area contributed by atoms with Gasteiger partial charge in [0.15, 0.2) is 5.78 Å². The van der Waals surface area contributed by atoms with E-state index in [9.17, 15) is 15.0 Å². The number of carbonyl (C=O) groups is 1. The van der Waals surface area contributed by atoms with Gasteiger partial charge in [-0.05, 0) is 13.0 Å². The Bertz CT molecular complexity index is 393. The number of Topliss-reactive ketones (excluding diaryl/α,β-unsaturated/α-hetero) is 1. The lowest BCUT2D eigenvalue weighted by molar-refractivity contribution is 0.0328. The molecule has 5 heteroatoms. The largest absolute Gasteiger partial charge is 0.389 e. The highest BCUT2D eigenvalue weighted by atomic mass is 35.5. The summed E-state index contributed by atoms with van der Waals surface area (Å²) in [6.07, 6.45) is -2.23. The monoisotopic (exact) mass is 262 g/mol. The molecule has 2 N–H and O–H groups in total. The first kappa shape index (κ1) is 13.5. The third-order valence-corrected chi connectivity index (χ3v) is 2.89. The molecule has 0 aliphatic carbocycles. The maximum Gasteiger partial charge on any atom is 0.159 e. The van der Waals surface area contributed by atoms with Crippen molar-refractivity contribution in [3.05, 3.63) is 34.3 Å². The lowest BCUT2D eigenvalue weighted by Gasteiger charge is -2.17. The fourth-order valence-electron chi connectivity index (χ4n) is 1.28. The smallest absolute Gasteiger partial charge is 0.159 e. The van der Waals surface area contributed by atoms with E-state index in [-0.39, 0.29) is 16.7 Å². The minimum Gasteiger partial charge on any atom is -0.389 e. The molecule has 1 aromatic rings. The number of hydrogen-bond donors (Lipinski definition) is 2. The zero-order valence-electron chi connectivity index (χ0n) is 8.65. The lowest BCUT2D eigenvalue weighted by Crippen LogP contribution is -2.20. The SMILES string of the molecule is CC(=O)c1ccc(C(O)C(O)CCl)c(Cl)c1. The second-order valence-corrected chi connectivity index (χ2v) is 4.17. The van der Waals surface area contributed by atoms with E-state index in [1.165, 1.54) is 19.1 Å². The van der Waals surface area contributed by atoms with Crippen LogP contribution < -0.4 is 0 Å². The molecular weight excluding hydrogens is 251 g/mol. The van der Waals surface area contributed by atoms with Gasteiger partial charge in [0.05, 0.1) is 12.0 Å². The third kappa shape index (κ3) is 2.95. The maximum atomic E-state index is 11.1. The Labute approximate surface area is 104 Å². The van der Waals surface area contributed by atoms with Gasteiger partial charge in [-0.15, -0.1) is 11.6 Å². The number of aliphatic hydroxyl groups excluding tert-OH is 2. The molecule has 0 aliphatic heterocycles. The van der Waals surface area contributed by atoms with Crippen molar-refractivity contribution in [2.45, 2.75) is 19.1 Å². The van der Waals surface area contributed by atoms with Crippen LogP contribution in [0.4, 0.5) is 0 Å². The van der Waals surface area contributed by atoms with Gasteiger partial charge in [-0.3, -0.25) is 4.79 Å². The van der Waals surface area contributed by atoms with Crippen molar-refractivity contribution >= 4 is 29.0 Å². The summed E-state index contributed by atoms with van der Waals surface area (Å²) in [6.45, 7) is 1.43. The highest BCUT2D eigenvalue weighted by molar-refractivity contribution is 6.31. The van der Waals surface area contributed by atoms with E-state index in [1.807, 2.05) is 0 Å². The van der Waals surface area contributed by atoms with Crippen LogP contribution in [0.25, 0.3) is 0 Å². The Balaban J connectivity index is 3.03. The Morgan fingerprint density at radius 3 is 2.50 bits per heavy atom. The van der Waals surface area contributed by atoms with E-state index in [0.717, 1.165) is 0 Å². The highest BCUT2D eigenvalue weighted by Gasteiger charge is 2.20. The van der Waals surface area contributed by atoms with Crippen LogP contribution in [0.3, 0.4) is 0 Å². The molecule has 0 aromatic heterocycles. The number of aliphatic hydroxyl groups is 2. The topological polar surface area (TPSA) is 57.5 Å². The fraction of sp³-hybridized carbons (Fsp3) is 0.364. The molecule has 0 bridgehead atoms. The van der Waals surface area contributed by atoms with E-state index in [1.54, 1.807) is 6.07 Å². The van der Waals surface area contributed by atoms with Crippen LogP contribution in [-0.2, 0) is 0 Å². The van der Waals surface area contributed by atoms with Crippen LogP contribution >= 0.6 is 23.2 Å². The first-order valence-corrected chi connectivity index (χ1v) is 5.61. The van der Waals surface area contributed by atoms with E-state index >= 15 is 0 Å². The number of rotatable bonds is 4. The molecule has 0 saturated carbocycles. The summed E-state index contributed by atoms with van der Waals surface area (Å²) in [7, 11) is 0. The Kier molecular flexibility index (Phi) is 4.74. The summed E-state index contributed by atoms with van der Waals surface area (Å²) in [5.41, 5.74) is 0.820. The van der Waals surface area contributed by atoms with Crippen molar-refractivity contribution in [3.8, 4) is 0 Å². The fourth-order valence-corrected chi connectivity index (χ4v) is 1.74. The van der Waals surface area contributed by atoms with E-state index in [4.69, 9.17) is 23.2 Å². The number of carbonyl (C=O) groups excluding carboxylic acids is 1. The zero-order valence-corrected chi connectivity index (χ0v) is 10.2. The molecule has 88 valence electrons. The number of ketones is 1. The quantitative estimate of drug-likeness (QED) is 0.646. The standard InChI is InChI=1S/C11H12Cl2O3/c1-6(14)7-2-3-8(9(13)4-7)11(16)10(15)5-12/h2-4,10-11,15-16H,5H2,1H3. The maximum absolute atomic E-state index is 11.1. The summed E-state index contributed by atoms with van der Waals surface area (Å²) < 4.78 is 0. The van der Waals surface area contributed by atoms with Crippen LogP contribution in [0.15, 0.2) is 18.2 Å². The van der Waals surface area contributed by atoms with Gasteiger partial charge in [0, 0.05) is 16.1 Å². The van der Waals surface area contributed by atoms with Crippen molar-refractivity contribution in [1.82, 2.24) is 0 Å². The molecule has 1 aromatic carbocycles. The third-order valence-electron chi connectivity index (χ3n) is 2.25. The predicted molar refractivity (Wildman–Crippen MR) is 63.1 cm³/mol. The van der Waals surface area contributed by atoms with E-state index in [0.29, 0.717) is 11.1 Å². The van der Waals surface area contributed by atoms with Crippen LogP contribution in [0.5, 0.6) is 0 Å². The van der Waals surface area contributed by atoms with Gasteiger partial charge in [0.2, 0.25) is 0 Å². The van der Waals surface area contributed by atoms with Gasteiger partial charge in [0.25, 0.3) is 0 Å². The van der Waals surface area contributed by atoms with Crippen LogP contribution in [0.1, 0.15) is 28.9 Å². The van der Waals surface area contributed by atoms with Crippen LogP contribution in [0.2, 0.25) is 5.02 Å². The summed E-state index contributed by atoms with van der Waals surface area (Å²) in [4.78, 5) is 11.1. The predicted octanol–water partition coefficient (Wildman–Crippen LogP) is 2.18. The zero-order chi connectivity index (χ0) is 12.3. The number of alkyl halides is 1. The van der Waals surface area contributed by atoms with Crippen molar-refractivity contribution < 1.29 is 15.0 Å². The minimum absolute atomic E-state index is 0.0913. The van der Waals surface area contributed by atoms with Crippen LogP contribution in [0, 0.1) is 0 Å². The summed E-state index contributed by atoms with van der Waals surface area (Å²) in [6, 6.07) is 4.52. The minimum atomic E-state index is -1.15. The number of halogens is 2. The summed E-state index contributed by atoms with van der Waals surface area (Å²) in [5, 5.41) is 19.3. The van der Waals surface area contributed by atoms with Gasteiger partial charge >= 0.3 is 0 Å². The van der Waals surface area contributed by atoms with Crippen molar-refractivity contribution in [1.29, 1.82) is 0 Å². The molecule has 2 unspecified atom stereocenters. The molecule has 16 heavy (non-hydrogen) atoms. The Hall–Kier alpha value is -0.610. The number of benzene rings is 1. The molecule has 0 heterocycles. The molecule has 0 aliphatic rings. The average Bonchev–Trinajstić information content (AvgIpc) is 2.26. The first-order valence-electron chi connectivity index (χ1n) is 4.70. The van der Waals surface area contributed by atoms with E-state index in [2.05, 4.69) is 0 Å². The van der Waals surface area contributed by atoms with Crippen molar-refractivity contribution in [3.63, 3.8) is 0 Å². The normalized spacial score (nSPS) is 14.6. The number of hydrogen-bond acceptors (Lipinski definition) is 3. The molecule has 0 amide bonds. The molecule has 0 spiro atoms. The lowest BCUT2D eigenvalue weighted by atomic mass is 10.0. The van der Waals surface area contributed by atoms with E-state index < -0.39 is 12.2 Å². The van der Waals surface area contributed by atoms with Gasteiger partial charge < -0.3 is 10.2 Å². The van der Waals surface area contributed by atoms with Crippen LogP contribution in [-0.4, -0.2) is 28.0 Å². The molecule has 3 nitrogen and oxygen atoms in total. The Morgan fingerprint density at radius 2 is 2.06 bits per heavy atom. The van der Waals surface area contributed by atoms with Gasteiger partial charge in [0.1, 0.15) is 6.10 Å². The van der Waals surface area contributed by atoms with Gasteiger partial charge in [-0.2, -0.15) is 0 Å².